The van der Waals surface area contributed by atoms with Gasteiger partial charge in [-0.15, -0.1) is 10.7 Å². The van der Waals surface area contributed by atoms with Gasteiger partial charge in [0.1, 0.15) is 0 Å². The van der Waals surface area contributed by atoms with Crippen LogP contribution in [0.2, 0.25) is 0 Å². The second-order valence-corrected chi connectivity index (χ2v) is 7.13. The minimum absolute atomic E-state index is 0.321. The predicted octanol–water partition coefficient (Wildman–Crippen LogP) is 2.30. The Morgan fingerprint density at radius 3 is 2.38 bits per heavy atom. The van der Waals surface area contributed by atoms with Crippen molar-refractivity contribution in [2.45, 2.75) is 25.2 Å². The molecule has 1 rings (SSSR count). The van der Waals surface area contributed by atoms with E-state index in [-0.39, 0.29) is 0 Å². The van der Waals surface area contributed by atoms with Crippen molar-refractivity contribution in [3.8, 4) is 0 Å². The predicted molar refractivity (Wildman–Crippen MR) is 71.4 cm³/mol. The third-order valence-corrected chi connectivity index (χ3v) is 5.64. The molecule has 1 N–H and O–H groups in total. The molecule has 0 heterocycles. The van der Waals surface area contributed by atoms with Gasteiger partial charge in [-0.05, 0) is 37.1 Å². The van der Waals surface area contributed by atoms with E-state index in [1.54, 1.807) is 24.3 Å². The Kier molecular flexibility index (Phi) is 4.70. The first-order valence-electron chi connectivity index (χ1n) is 5.03. The Balaban J connectivity index is 2.95. The molecule has 1 aromatic rings. The molecule has 5 heteroatoms. The highest BCUT2D eigenvalue weighted by Gasteiger charge is 2.12. The number of aryl methyl sites for hydroxylation is 1. The van der Waals surface area contributed by atoms with E-state index >= 15 is 0 Å². The molecule has 0 radical (unpaired) electrons. The third-order valence-electron chi connectivity index (χ3n) is 1.99. The molecule has 0 saturated carbocycles. The lowest BCUT2D eigenvalue weighted by Gasteiger charge is -2.07. The zero-order valence-corrected chi connectivity index (χ0v) is 11.4. The van der Waals surface area contributed by atoms with Gasteiger partial charge in [0.05, 0.1) is 4.90 Å². The summed E-state index contributed by atoms with van der Waals surface area (Å²) in [6.07, 6.45) is 2.71. The molecular formula is C11H17NO2S2. The van der Waals surface area contributed by atoms with Crippen molar-refractivity contribution >= 4 is 26.1 Å². The minimum atomic E-state index is -3.37. The molecule has 1 unspecified atom stereocenters. The number of nitrogens with one attached hydrogen (secondary N) is 1. The maximum absolute atomic E-state index is 11.9. The van der Waals surface area contributed by atoms with Gasteiger partial charge in [0.15, 0.2) is 0 Å². The number of sulfonamides is 1. The van der Waals surface area contributed by atoms with Crippen LogP contribution in [0.5, 0.6) is 0 Å². The van der Waals surface area contributed by atoms with E-state index in [0.29, 0.717) is 4.90 Å². The molecule has 3 nitrogen and oxygen atoms in total. The molecule has 90 valence electrons. The van der Waals surface area contributed by atoms with Gasteiger partial charge in [-0.2, -0.15) is 4.13 Å². The second-order valence-electron chi connectivity index (χ2n) is 3.53. The summed E-state index contributed by atoms with van der Waals surface area (Å²) in [5.74, 6) is 0. The molecule has 1 atom stereocenters. The fourth-order valence-corrected chi connectivity index (χ4v) is 4.26. The summed E-state index contributed by atoms with van der Waals surface area (Å²) in [5.41, 5.74) is 1.05. The fraction of sp³-hybridized carbons (Fsp3) is 0.364. The first kappa shape index (κ1) is 13.4. The van der Waals surface area contributed by atoms with E-state index < -0.39 is 20.7 Å². The summed E-state index contributed by atoms with van der Waals surface area (Å²) in [6, 6.07) is 6.85. The highest BCUT2D eigenvalue weighted by molar-refractivity contribution is 8.19. The van der Waals surface area contributed by atoms with Crippen LogP contribution in [0.4, 0.5) is 0 Å². The van der Waals surface area contributed by atoms with Crippen LogP contribution >= 0.6 is 10.7 Å². The highest BCUT2D eigenvalue weighted by atomic mass is 32.3. The van der Waals surface area contributed by atoms with Crippen molar-refractivity contribution in [2.24, 2.45) is 0 Å². The first-order valence-corrected chi connectivity index (χ1v) is 8.21. The summed E-state index contributed by atoms with van der Waals surface area (Å²) in [6.45, 7) is 3.92. The van der Waals surface area contributed by atoms with Crippen molar-refractivity contribution in [3.05, 3.63) is 29.8 Å². The van der Waals surface area contributed by atoms with Crippen LogP contribution in [0.15, 0.2) is 29.2 Å². The Hall–Kier alpha value is -0.650. The third kappa shape index (κ3) is 3.73. The lowest BCUT2D eigenvalue weighted by Crippen LogP contribution is -2.18. The van der Waals surface area contributed by atoms with E-state index in [1.807, 2.05) is 25.5 Å². The Morgan fingerprint density at radius 1 is 1.31 bits per heavy atom. The average Bonchev–Trinajstić information content (AvgIpc) is 2.17. The highest BCUT2D eigenvalue weighted by Crippen LogP contribution is 2.13. The standard InChI is InChI=1S/C11H17NO2S2/c1-4-9-15(3)12-16(13,14)11-7-5-10(2)6-8-11/h5-9,12H,4H2,1-3H3. The van der Waals surface area contributed by atoms with Crippen molar-refractivity contribution < 1.29 is 8.42 Å². The zero-order chi connectivity index (χ0) is 12.2. The van der Waals surface area contributed by atoms with Gasteiger partial charge in [-0.25, -0.2) is 8.42 Å². The van der Waals surface area contributed by atoms with Gasteiger partial charge in [0.2, 0.25) is 10.0 Å². The van der Waals surface area contributed by atoms with Crippen LogP contribution in [0, 0.1) is 6.92 Å². The van der Waals surface area contributed by atoms with E-state index in [9.17, 15) is 8.42 Å². The van der Waals surface area contributed by atoms with Gasteiger partial charge in [-0.3, -0.25) is 0 Å². The molecule has 0 aliphatic rings. The van der Waals surface area contributed by atoms with Crippen molar-refractivity contribution in [1.82, 2.24) is 4.13 Å². The topological polar surface area (TPSA) is 46.2 Å². The number of hydrogen-bond donors (Lipinski definition) is 1. The zero-order valence-electron chi connectivity index (χ0n) is 9.73. The first-order chi connectivity index (χ1) is 7.45. The van der Waals surface area contributed by atoms with Gasteiger partial charge >= 0.3 is 0 Å². The van der Waals surface area contributed by atoms with Gasteiger partial charge in [0.25, 0.3) is 0 Å². The van der Waals surface area contributed by atoms with Crippen LogP contribution < -0.4 is 4.13 Å². The van der Waals surface area contributed by atoms with E-state index in [0.717, 1.165) is 12.0 Å². The normalized spacial score (nSPS) is 13.9. The summed E-state index contributed by atoms with van der Waals surface area (Å²) in [4.78, 5) is 0.321. The molecule has 0 spiro atoms. The number of hydrogen-bond acceptors (Lipinski definition) is 2. The second kappa shape index (κ2) is 5.61. The van der Waals surface area contributed by atoms with Crippen molar-refractivity contribution in [1.29, 1.82) is 0 Å². The Morgan fingerprint density at radius 2 is 1.88 bits per heavy atom. The lowest BCUT2D eigenvalue weighted by molar-refractivity contribution is 0.594. The monoisotopic (exact) mass is 259 g/mol. The molecule has 0 fully saturated rings. The fourth-order valence-electron chi connectivity index (χ4n) is 1.22. The van der Waals surface area contributed by atoms with Crippen molar-refractivity contribution in [3.63, 3.8) is 0 Å². The lowest BCUT2D eigenvalue weighted by atomic mass is 10.2. The Labute approximate surface area is 100.0 Å². The maximum Gasteiger partial charge on any atom is 0.249 e. The molecule has 0 amide bonds. The van der Waals surface area contributed by atoms with E-state index in [1.165, 1.54) is 0 Å². The molecule has 1 aromatic carbocycles. The summed E-state index contributed by atoms with van der Waals surface area (Å²) in [7, 11) is -3.78. The largest absolute Gasteiger partial charge is 0.249 e. The van der Waals surface area contributed by atoms with Crippen LogP contribution in [0.1, 0.15) is 18.9 Å². The molecule has 0 aliphatic heterocycles. The quantitative estimate of drug-likeness (QED) is 0.843. The molecular weight excluding hydrogens is 242 g/mol. The minimum Gasteiger partial charge on any atom is -0.206 e. The Bertz CT molecular complexity index is 475. The molecule has 0 aromatic heterocycles. The SMILES string of the molecule is CC/C=S(\C)NS(=O)(=O)c1ccc(C)cc1. The smallest absolute Gasteiger partial charge is 0.206 e. The average molecular weight is 259 g/mol. The van der Waals surface area contributed by atoms with Crippen LogP contribution in [-0.4, -0.2) is 20.0 Å². The number of rotatable bonds is 4. The summed E-state index contributed by atoms with van der Waals surface area (Å²) < 4.78 is 26.4. The van der Waals surface area contributed by atoms with E-state index in [4.69, 9.17) is 0 Å². The number of benzene rings is 1. The maximum atomic E-state index is 11.9. The van der Waals surface area contributed by atoms with Gasteiger partial charge in [0, 0.05) is 0 Å². The van der Waals surface area contributed by atoms with Gasteiger partial charge in [-0.1, -0.05) is 24.6 Å². The van der Waals surface area contributed by atoms with Crippen molar-refractivity contribution in [2.75, 3.05) is 6.26 Å². The van der Waals surface area contributed by atoms with Crippen LogP contribution in [-0.2, 0) is 10.0 Å². The van der Waals surface area contributed by atoms with Crippen LogP contribution in [0.25, 0.3) is 0 Å². The van der Waals surface area contributed by atoms with E-state index in [2.05, 4.69) is 4.13 Å². The molecule has 0 bridgehead atoms. The molecule has 0 aliphatic carbocycles. The van der Waals surface area contributed by atoms with Gasteiger partial charge < -0.3 is 0 Å². The summed E-state index contributed by atoms with van der Waals surface area (Å²) in [5, 5.41) is 1.95. The summed E-state index contributed by atoms with van der Waals surface area (Å²) >= 11 is 0. The molecule has 0 saturated heterocycles. The molecule has 16 heavy (non-hydrogen) atoms. The van der Waals surface area contributed by atoms with Crippen LogP contribution in [0.3, 0.4) is 0 Å².